The third-order valence-corrected chi connectivity index (χ3v) is 4.50. The molecule has 10 nitrogen and oxygen atoms in total. The molecule has 1 heterocycles. The van der Waals surface area contributed by atoms with E-state index in [1.807, 2.05) is 0 Å². The molecular weight excluding hydrogens is 326 g/mol. The number of methoxy groups -OCH3 is 1. The average Bonchev–Trinajstić information content (AvgIpc) is 2.59. The first kappa shape index (κ1) is 19.7. The lowest BCUT2D eigenvalue weighted by Gasteiger charge is -2.44. The van der Waals surface area contributed by atoms with Gasteiger partial charge in [-0.1, -0.05) is 6.08 Å². The second kappa shape index (κ2) is 8.15. The van der Waals surface area contributed by atoms with E-state index in [2.05, 4.69) is 5.32 Å². The van der Waals surface area contributed by atoms with Crippen LogP contribution >= 0.6 is 0 Å². The van der Waals surface area contributed by atoms with E-state index in [1.54, 1.807) is 0 Å². The number of aliphatic hydroxyl groups is 7. The maximum atomic E-state index is 10.3. The van der Waals surface area contributed by atoms with Crippen molar-refractivity contribution in [1.82, 2.24) is 5.32 Å². The van der Waals surface area contributed by atoms with Gasteiger partial charge >= 0.3 is 0 Å². The molecule has 0 bridgehead atoms. The maximum Gasteiger partial charge on any atom is 0.175 e. The van der Waals surface area contributed by atoms with Gasteiger partial charge < -0.3 is 45.2 Å². The fourth-order valence-electron chi connectivity index (χ4n) is 3.02. The molecular formula is C14H25NO9. The maximum absolute atomic E-state index is 10.3. The first-order valence-electron chi connectivity index (χ1n) is 7.62. The summed E-state index contributed by atoms with van der Waals surface area (Å²) in [6.45, 7) is -1.04. The van der Waals surface area contributed by atoms with Crippen molar-refractivity contribution in [3.05, 3.63) is 11.6 Å². The Morgan fingerprint density at radius 3 is 2.25 bits per heavy atom. The minimum Gasteiger partial charge on any atom is -0.394 e. The molecule has 9 atom stereocenters. The van der Waals surface area contributed by atoms with Gasteiger partial charge in [-0.25, -0.2) is 0 Å². The minimum absolute atomic E-state index is 0.110. The molecule has 0 amide bonds. The van der Waals surface area contributed by atoms with Crippen molar-refractivity contribution in [1.29, 1.82) is 0 Å². The van der Waals surface area contributed by atoms with Gasteiger partial charge in [0.2, 0.25) is 0 Å². The van der Waals surface area contributed by atoms with Crippen LogP contribution in [0.15, 0.2) is 11.6 Å². The molecule has 2 rings (SSSR count). The first-order valence-corrected chi connectivity index (χ1v) is 7.62. The van der Waals surface area contributed by atoms with Gasteiger partial charge in [-0.05, 0) is 5.57 Å². The van der Waals surface area contributed by atoms with Crippen molar-refractivity contribution >= 4 is 0 Å². The summed E-state index contributed by atoms with van der Waals surface area (Å²) in [4.78, 5) is 0. The Balaban J connectivity index is 2.19. The zero-order chi connectivity index (χ0) is 18.0. The molecule has 0 aromatic carbocycles. The fourth-order valence-corrected chi connectivity index (χ4v) is 3.02. The third kappa shape index (κ3) is 3.63. The van der Waals surface area contributed by atoms with E-state index >= 15 is 0 Å². The van der Waals surface area contributed by atoms with Gasteiger partial charge in [-0.3, -0.25) is 5.32 Å². The van der Waals surface area contributed by atoms with Crippen LogP contribution in [0, 0.1) is 0 Å². The van der Waals surface area contributed by atoms with Gasteiger partial charge in [0.05, 0.1) is 25.3 Å². The van der Waals surface area contributed by atoms with E-state index < -0.39 is 68.2 Å². The second-order valence-corrected chi connectivity index (χ2v) is 5.99. The summed E-state index contributed by atoms with van der Waals surface area (Å²) in [5.74, 6) is 0. The van der Waals surface area contributed by atoms with E-state index in [1.165, 1.54) is 13.2 Å². The van der Waals surface area contributed by atoms with Crippen LogP contribution in [0.2, 0.25) is 0 Å². The lowest BCUT2D eigenvalue weighted by molar-refractivity contribution is -0.265. The van der Waals surface area contributed by atoms with Crippen molar-refractivity contribution in [3.8, 4) is 0 Å². The molecule has 8 N–H and O–H groups in total. The van der Waals surface area contributed by atoms with Crippen molar-refractivity contribution < 1.29 is 45.2 Å². The highest BCUT2D eigenvalue weighted by atomic mass is 16.7. The number of aliphatic hydroxyl groups excluding tert-OH is 7. The molecule has 24 heavy (non-hydrogen) atoms. The van der Waals surface area contributed by atoms with Crippen LogP contribution in [0.1, 0.15) is 0 Å². The molecule has 0 radical (unpaired) electrons. The Labute approximate surface area is 138 Å². The largest absolute Gasteiger partial charge is 0.394 e. The van der Waals surface area contributed by atoms with Gasteiger partial charge in [0.25, 0.3) is 0 Å². The van der Waals surface area contributed by atoms with E-state index in [0.29, 0.717) is 0 Å². The second-order valence-electron chi connectivity index (χ2n) is 5.99. The van der Waals surface area contributed by atoms with Crippen molar-refractivity contribution in [2.24, 2.45) is 0 Å². The van der Waals surface area contributed by atoms with Crippen LogP contribution in [0.5, 0.6) is 0 Å². The molecule has 1 saturated heterocycles. The molecule has 0 saturated carbocycles. The average molecular weight is 351 g/mol. The molecule has 10 heteroatoms. The van der Waals surface area contributed by atoms with Crippen molar-refractivity contribution in [2.75, 3.05) is 20.3 Å². The topological polar surface area (TPSA) is 172 Å². The molecule has 1 fully saturated rings. The quantitative estimate of drug-likeness (QED) is 0.225. The summed E-state index contributed by atoms with van der Waals surface area (Å²) in [5, 5.41) is 71.1. The number of rotatable bonds is 5. The number of ether oxygens (including phenoxy) is 2. The Morgan fingerprint density at radius 2 is 1.71 bits per heavy atom. The highest BCUT2D eigenvalue weighted by molar-refractivity contribution is 5.22. The Kier molecular flexibility index (Phi) is 6.67. The molecule has 0 spiro atoms. The zero-order valence-corrected chi connectivity index (χ0v) is 13.1. The molecule has 1 aliphatic heterocycles. The highest BCUT2D eigenvalue weighted by Crippen LogP contribution is 2.25. The monoisotopic (exact) mass is 351 g/mol. The number of hydrogen-bond donors (Lipinski definition) is 8. The van der Waals surface area contributed by atoms with E-state index in [-0.39, 0.29) is 5.57 Å². The first-order chi connectivity index (χ1) is 11.3. The Morgan fingerprint density at radius 1 is 1.04 bits per heavy atom. The third-order valence-electron chi connectivity index (χ3n) is 4.50. The zero-order valence-electron chi connectivity index (χ0n) is 13.1. The van der Waals surface area contributed by atoms with Crippen molar-refractivity contribution in [2.45, 2.75) is 55.0 Å². The van der Waals surface area contributed by atoms with E-state index in [0.717, 1.165) is 0 Å². The van der Waals surface area contributed by atoms with Crippen molar-refractivity contribution in [3.63, 3.8) is 0 Å². The predicted molar refractivity (Wildman–Crippen MR) is 78.7 cm³/mol. The van der Waals surface area contributed by atoms with Gasteiger partial charge in [-0.2, -0.15) is 0 Å². The summed E-state index contributed by atoms with van der Waals surface area (Å²) in [6.07, 6.45) is -7.87. The summed E-state index contributed by atoms with van der Waals surface area (Å²) >= 11 is 0. The van der Waals surface area contributed by atoms with Crippen LogP contribution in [-0.2, 0) is 9.47 Å². The molecule has 0 aromatic heterocycles. The Hall–Kier alpha value is -0.660. The summed E-state index contributed by atoms with van der Waals surface area (Å²) < 4.78 is 10.5. The lowest BCUT2D eigenvalue weighted by atomic mass is 9.87. The van der Waals surface area contributed by atoms with Gasteiger partial charge in [0.15, 0.2) is 6.29 Å². The molecule has 0 aromatic rings. The van der Waals surface area contributed by atoms with E-state index in [9.17, 15) is 30.6 Å². The molecule has 2 aliphatic rings. The van der Waals surface area contributed by atoms with Gasteiger partial charge in [-0.15, -0.1) is 0 Å². The smallest absolute Gasteiger partial charge is 0.175 e. The normalized spacial score (nSPS) is 46.7. The van der Waals surface area contributed by atoms with Gasteiger partial charge in [0, 0.05) is 7.11 Å². The highest BCUT2D eigenvalue weighted by Gasteiger charge is 2.47. The van der Waals surface area contributed by atoms with Crippen LogP contribution in [-0.4, -0.2) is 111 Å². The minimum atomic E-state index is -1.53. The van der Waals surface area contributed by atoms with E-state index in [4.69, 9.17) is 14.6 Å². The fraction of sp³-hybridized carbons (Fsp3) is 0.857. The molecule has 1 aliphatic carbocycles. The predicted octanol–water partition coefficient (Wildman–Crippen LogP) is -4.59. The molecule has 140 valence electrons. The number of hydrogen-bond acceptors (Lipinski definition) is 10. The molecule has 0 unspecified atom stereocenters. The summed E-state index contributed by atoms with van der Waals surface area (Å²) in [7, 11) is 1.31. The van der Waals surface area contributed by atoms with Gasteiger partial charge in [0.1, 0.15) is 36.6 Å². The summed E-state index contributed by atoms with van der Waals surface area (Å²) in [6, 6.07) is -1.93. The summed E-state index contributed by atoms with van der Waals surface area (Å²) in [5.41, 5.74) is 0.110. The van der Waals surface area contributed by atoms with Crippen LogP contribution in [0.3, 0.4) is 0 Å². The number of nitrogens with one attached hydrogen (secondary N) is 1. The SMILES string of the molecule is CO[C@H]1O[C@H](CO)[C@@H](O)[C@H](O)[C@H]1N[C@H]1C=C(CO)[C@@H](O)[C@H](O)[C@H]1O. The van der Waals surface area contributed by atoms with Crippen LogP contribution in [0.25, 0.3) is 0 Å². The Bertz CT molecular complexity index is 446. The lowest BCUT2D eigenvalue weighted by Crippen LogP contribution is -2.67. The van der Waals surface area contributed by atoms with Crippen LogP contribution < -0.4 is 5.32 Å². The van der Waals surface area contributed by atoms with Crippen LogP contribution in [0.4, 0.5) is 0 Å². The standard InChI is InChI=1S/C14H25NO9/c1-23-14-8(12(21)11(20)7(4-17)24-14)15-6-2-5(3-16)9(18)13(22)10(6)19/h2,6-22H,3-4H2,1H3/t6-,7+,8+,9+,10-,11+,12+,13-,14-/m0/s1.